The molecule has 2 nitrogen and oxygen atoms in total. The molecule has 0 aromatic carbocycles. The molecule has 0 aliphatic heterocycles. The number of hydrogen-bond acceptors (Lipinski definition) is 3. The summed E-state index contributed by atoms with van der Waals surface area (Å²) in [7, 11) is 0. The molecule has 0 amide bonds. The molecule has 0 aliphatic carbocycles. The van der Waals surface area contributed by atoms with Crippen molar-refractivity contribution in [2.24, 2.45) is 0 Å². The summed E-state index contributed by atoms with van der Waals surface area (Å²) in [4.78, 5) is 9.75. The lowest BCUT2D eigenvalue weighted by Crippen LogP contribution is -1.82. The second-order valence-corrected chi connectivity index (χ2v) is 4.04. The summed E-state index contributed by atoms with van der Waals surface area (Å²) in [6.45, 7) is 4.30. The van der Waals surface area contributed by atoms with Gasteiger partial charge in [0.1, 0.15) is 10.3 Å². The number of thiazole rings is 1. The third kappa shape index (κ3) is 1.86. The standard InChI is InChI=1S/C9H10N2S.CH4/c1-6(2)8-11-7-4-3-5-10-9(7)12-8;/h3-6H,1-2H3;1H4. The highest BCUT2D eigenvalue weighted by Gasteiger charge is 2.06. The van der Waals surface area contributed by atoms with Crippen LogP contribution in [0.5, 0.6) is 0 Å². The van der Waals surface area contributed by atoms with Crippen LogP contribution in [0.1, 0.15) is 32.2 Å². The first-order valence-corrected chi connectivity index (χ1v) is 4.80. The lowest BCUT2D eigenvalue weighted by atomic mass is 10.2. The summed E-state index contributed by atoms with van der Waals surface area (Å²) in [5, 5.41) is 1.17. The topological polar surface area (TPSA) is 25.8 Å². The SMILES string of the molecule is C.CC(C)c1nc2cccnc2s1. The Hall–Kier alpha value is -0.960. The minimum atomic E-state index is 0. The molecular weight excluding hydrogens is 180 g/mol. The van der Waals surface area contributed by atoms with Crippen molar-refractivity contribution >= 4 is 21.7 Å². The zero-order valence-corrected chi connectivity index (χ0v) is 7.93. The van der Waals surface area contributed by atoms with E-state index in [4.69, 9.17) is 0 Å². The number of pyridine rings is 1. The summed E-state index contributed by atoms with van der Waals surface area (Å²) >= 11 is 1.68. The van der Waals surface area contributed by atoms with Gasteiger partial charge in [-0.1, -0.05) is 32.6 Å². The molecule has 3 heteroatoms. The number of fused-ring (bicyclic) bond motifs is 1. The fourth-order valence-corrected chi connectivity index (χ4v) is 1.94. The van der Waals surface area contributed by atoms with Gasteiger partial charge in [0.25, 0.3) is 0 Å². The first-order valence-electron chi connectivity index (χ1n) is 3.99. The number of aromatic nitrogens is 2. The normalized spacial score (nSPS) is 10.4. The van der Waals surface area contributed by atoms with Crippen molar-refractivity contribution in [3.8, 4) is 0 Å². The molecule has 0 bridgehead atoms. The Morgan fingerprint density at radius 3 is 2.77 bits per heavy atom. The van der Waals surface area contributed by atoms with Crippen molar-refractivity contribution in [1.29, 1.82) is 0 Å². The molecule has 13 heavy (non-hydrogen) atoms. The molecule has 0 fully saturated rings. The van der Waals surface area contributed by atoms with Gasteiger partial charge in [0.2, 0.25) is 0 Å². The predicted molar refractivity (Wildman–Crippen MR) is 58.2 cm³/mol. The smallest absolute Gasteiger partial charge is 0.143 e. The van der Waals surface area contributed by atoms with Crippen molar-refractivity contribution < 1.29 is 0 Å². The van der Waals surface area contributed by atoms with Gasteiger partial charge in [0, 0.05) is 12.1 Å². The number of rotatable bonds is 1. The van der Waals surface area contributed by atoms with Crippen LogP contribution in [-0.2, 0) is 0 Å². The molecule has 2 rings (SSSR count). The van der Waals surface area contributed by atoms with Gasteiger partial charge in [-0.2, -0.15) is 0 Å². The molecular formula is C10H14N2S. The first kappa shape index (κ1) is 10.1. The largest absolute Gasteiger partial charge is 0.244 e. The maximum atomic E-state index is 4.47. The van der Waals surface area contributed by atoms with Crippen molar-refractivity contribution in [2.45, 2.75) is 27.2 Å². The van der Waals surface area contributed by atoms with Crippen LogP contribution in [0.3, 0.4) is 0 Å². The van der Waals surface area contributed by atoms with Crippen LogP contribution in [0.4, 0.5) is 0 Å². The first-order chi connectivity index (χ1) is 5.77. The van der Waals surface area contributed by atoms with Crippen molar-refractivity contribution in [2.75, 3.05) is 0 Å². The number of hydrogen-bond donors (Lipinski definition) is 0. The monoisotopic (exact) mass is 194 g/mol. The van der Waals surface area contributed by atoms with Gasteiger partial charge in [-0.3, -0.25) is 0 Å². The van der Waals surface area contributed by atoms with Crippen LogP contribution in [0, 0.1) is 0 Å². The van der Waals surface area contributed by atoms with Crippen LogP contribution in [-0.4, -0.2) is 9.97 Å². The van der Waals surface area contributed by atoms with Gasteiger partial charge < -0.3 is 0 Å². The van der Waals surface area contributed by atoms with Gasteiger partial charge in [0.15, 0.2) is 0 Å². The average molecular weight is 194 g/mol. The Bertz CT molecular complexity index is 359. The van der Waals surface area contributed by atoms with E-state index in [1.807, 2.05) is 18.3 Å². The highest BCUT2D eigenvalue weighted by atomic mass is 32.1. The zero-order chi connectivity index (χ0) is 8.55. The summed E-state index contributed by atoms with van der Waals surface area (Å²) in [6, 6.07) is 3.93. The minimum absolute atomic E-state index is 0. The van der Waals surface area contributed by atoms with Crippen molar-refractivity contribution in [3.05, 3.63) is 23.3 Å². The molecule has 0 unspecified atom stereocenters. The summed E-state index contributed by atoms with van der Waals surface area (Å²) < 4.78 is 0. The van der Waals surface area contributed by atoms with Crippen LogP contribution < -0.4 is 0 Å². The van der Waals surface area contributed by atoms with E-state index in [1.165, 1.54) is 5.01 Å². The summed E-state index contributed by atoms with van der Waals surface area (Å²) in [5.74, 6) is 0.504. The third-order valence-electron chi connectivity index (χ3n) is 1.68. The highest BCUT2D eigenvalue weighted by Crippen LogP contribution is 2.24. The Balaban J connectivity index is 0.000000845. The molecule has 0 spiro atoms. The average Bonchev–Trinajstić information content (AvgIpc) is 2.46. The predicted octanol–water partition coefficient (Wildman–Crippen LogP) is 3.45. The Kier molecular flexibility index (Phi) is 2.98. The van der Waals surface area contributed by atoms with Crippen molar-refractivity contribution in [1.82, 2.24) is 9.97 Å². The lowest BCUT2D eigenvalue weighted by molar-refractivity contribution is 0.857. The fourth-order valence-electron chi connectivity index (χ4n) is 1.03. The van der Waals surface area contributed by atoms with E-state index in [-0.39, 0.29) is 7.43 Å². The molecule has 2 heterocycles. The Morgan fingerprint density at radius 2 is 2.15 bits per heavy atom. The maximum absolute atomic E-state index is 4.47. The molecule has 0 radical (unpaired) electrons. The highest BCUT2D eigenvalue weighted by molar-refractivity contribution is 7.18. The molecule has 0 saturated heterocycles. The van der Waals surface area contributed by atoms with Gasteiger partial charge in [0.05, 0.1) is 5.01 Å². The fraction of sp³-hybridized carbons (Fsp3) is 0.400. The second kappa shape index (κ2) is 3.83. The zero-order valence-electron chi connectivity index (χ0n) is 7.11. The van der Waals surface area contributed by atoms with Gasteiger partial charge >= 0.3 is 0 Å². The molecule has 70 valence electrons. The summed E-state index contributed by atoms with van der Waals surface area (Å²) in [6.07, 6.45) is 1.81. The van der Waals surface area contributed by atoms with E-state index < -0.39 is 0 Å². The van der Waals surface area contributed by atoms with Gasteiger partial charge in [-0.25, -0.2) is 9.97 Å². The van der Waals surface area contributed by atoms with E-state index in [0.717, 1.165) is 10.3 Å². The van der Waals surface area contributed by atoms with E-state index in [9.17, 15) is 0 Å². The number of nitrogens with zero attached hydrogens (tertiary/aromatic N) is 2. The maximum Gasteiger partial charge on any atom is 0.143 e. The Labute approximate surface area is 82.7 Å². The van der Waals surface area contributed by atoms with E-state index >= 15 is 0 Å². The van der Waals surface area contributed by atoms with Gasteiger partial charge in [-0.05, 0) is 12.1 Å². The minimum Gasteiger partial charge on any atom is -0.244 e. The van der Waals surface area contributed by atoms with Crippen LogP contribution in [0.15, 0.2) is 18.3 Å². The van der Waals surface area contributed by atoms with E-state index in [1.54, 1.807) is 11.3 Å². The lowest BCUT2D eigenvalue weighted by Gasteiger charge is -1.94. The quantitative estimate of drug-likeness (QED) is 0.695. The second-order valence-electron chi connectivity index (χ2n) is 3.03. The van der Waals surface area contributed by atoms with Crippen LogP contribution >= 0.6 is 11.3 Å². The van der Waals surface area contributed by atoms with Crippen LogP contribution in [0.25, 0.3) is 10.3 Å². The molecule has 0 saturated carbocycles. The molecule has 2 aromatic heterocycles. The van der Waals surface area contributed by atoms with Gasteiger partial charge in [-0.15, -0.1) is 0 Å². The molecule has 0 aliphatic rings. The van der Waals surface area contributed by atoms with E-state index in [2.05, 4.69) is 23.8 Å². The third-order valence-corrected chi connectivity index (χ3v) is 2.96. The molecule has 0 N–H and O–H groups in total. The van der Waals surface area contributed by atoms with E-state index in [0.29, 0.717) is 5.92 Å². The van der Waals surface area contributed by atoms with Crippen molar-refractivity contribution in [3.63, 3.8) is 0 Å². The van der Waals surface area contributed by atoms with Crippen LogP contribution in [0.2, 0.25) is 0 Å². The molecule has 2 aromatic rings. The molecule has 0 atom stereocenters. The summed E-state index contributed by atoms with van der Waals surface area (Å²) in [5.41, 5.74) is 1.02. The Morgan fingerprint density at radius 1 is 1.38 bits per heavy atom.